The Hall–Kier alpha value is -0.800. The topological polar surface area (TPSA) is 26.0 Å². The molecule has 16 heavy (non-hydrogen) atoms. The summed E-state index contributed by atoms with van der Waals surface area (Å²) in [6.45, 7) is 4.07. The van der Waals surface area contributed by atoms with Crippen molar-refractivity contribution in [3.8, 4) is 11.3 Å². The predicted molar refractivity (Wildman–Crippen MR) is 68.7 cm³/mol. The van der Waals surface area contributed by atoms with Gasteiger partial charge in [0.25, 0.3) is 0 Å². The SMILES string of the molecule is CC(C)c1nc(-c2ccccc2Cl)c(Br)o1. The zero-order valence-corrected chi connectivity index (χ0v) is 11.3. The van der Waals surface area contributed by atoms with Crippen molar-refractivity contribution < 1.29 is 4.42 Å². The summed E-state index contributed by atoms with van der Waals surface area (Å²) in [6, 6.07) is 7.59. The van der Waals surface area contributed by atoms with Crippen molar-refractivity contribution in [1.29, 1.82) is 0 Å². The first-order chi connectivity index (χ1) is 7.59. The summed E-state index contributed by atoms with van der Waals surface area (Å²) in [4.78, 5) is 4.44. The first kappa shape index (κ1) is 11.7. The number of benzene rings is 1. The van der Waals surface area contributed by atoms with E-state index in [9.17, 15) is 0 Å². The summed E-state index contributed by atoms with van der Waals surface area (Å²) in [5.74, 6) is 0.967. The van der Waals surface area contributed by atoms with Crippen LogP contribution in [0, 0.1) is 0 Å². The van der Waals surface area contributed by atoms with Gasteiger partial charge in [-0.05, 0) is 22.0 Å². The van der Waals surface area contributed by atoms with Gasteiger partial charge in [0, 0.05) is 11.5 Å². The zero-order valence-electron chi connectivity index (χ0n) is 9.00. The van der Waals surface area contributed by atoms with E-state index in [-0.39, 0.29) is 5.92 Å². The molecule has 2 rings (SSSR count). The Morgan fingerprint density at radius 3 is 2.56 bits per heavy atom. The van der Waals surface area contributed by atoms with Gasteiger partial charge < -0.3 is 4.42 Å². The maximum atomic E-state index is 6.12. The summed E-state index contributed by atoms with van der Waals surface area (Å²) in [7, 11) is 0. The van der Waals surface area contributed by atoms with Crippen molar-refractivity contribution in [3.05, 3.63) is 39.8 Å². The molecule has 0 aliphatic heterocycles. The van der Waals surface area contributed by atoms with E-state index in [1.165, 1.54) is 0 Å². The lowest BCUT2D eigenvalue weighted by Gasteiger charge is -1.99. The Bertz CT molecular complexity index is 507. The maximum Gasteiger partial charge on any atom is 0.198 e. The third-order valence-corrected chi connectivity index (χ3v) is 3.09. The van der Waals surface area contributed by atoms with Gasteiger partial charge in [0.15, 0.2) is 10.6 Å². The van der Waals surface area contributed by atoms with Crippen LogP contribution in [-0.4, -0.2) is 4.98 Å². The van der Waals surface area contributed by atoms with Crippen molar-refractivity contribution in [2.45, 2.75) is 19.8 Å². The molecule has 0 fully saturated rings. The molecule has 0 radical (unpaired) electrons. The Labute approximate surface area is 108 Å². The molecule has 0 bridgehead atoms. The Kier molecular flexibility index (Phi) is 3.36. The highest BCUT2D eigenvalue weighted by Gasteiger charge is 2.16. The van der Waals surface area contributed by atoms with Crippen LogP contribution in [0.4, 0.5) is 0 Å². The van der Waals surface area contributed by atoms with Crippen LogP contribution in [0.5, 0.6) is 0 Å². The van der Waals surface area contributed by atoms with Gasteiger partial charge in [-0.25, -0.2) is 4.98 Å². The lowest BCUT2D eigenvalue weighted by Crippen LogP contribution is -1.87. The molecule has 1 heterocycles. The predicted octanol–water partition coefficient (Wildman–Crippen LogP) is 4.88. The minimum atomic E-state index is 0.257. The minimum Gasteiger partial charge on any atom is -0.433 e. The first-order valence-electron chi connectivity index (χ1n) is 5.00. The second-order valence-electron chi connectivity index (χ2n) is 3.81. The number of aromatic nitrogens is 1. The van der Waals surface area contributed by atoms with Crippen LogP contribution in [0.15, 0.2) is 33.4 Å². The van der Waals surface area contributed by atoms with Crippen LogP contribution in [0.25, 0.3) is 11.3 Å². The fraction of sp³-hybridized carbons (Fsp3) is 0.250. The Morgan fingerprint density at radius 2 is 2.00 bits per heavy atom. The van der Waals surface area contributed by atoms with Crippen LogP contribution in [-0.2, 0) is 0 Å². The molecule has 0 amide bonds. The van der Waals surface area contributed by atoms with Gasteiger partial charge in [-0.2, -0.15) is 0 Å². The van der Waals surface area contributed by atoms with Gasteiger partial charge >= 0.3 is 0 Å². The minimum absolute atomic E-state index is 0.257. The van der Waals surface area contributed by atoms with E-state index >= 15 is 0 Å². The lowest BCUT2D eigenvalue weighted by molar-refractivity contribution is 0.454. The zero-order chi connectivity index (χ0) is 11.7. The average molecular weight is 301 g/mol. The summed E-state index contributed by atoms with van der Waals surface area (Å²) < 4.78 is 6.16. The Morgan fingerprint density at radius 1 is 1.31 bits per heavy atom. The van der Waals surface area contributed by atoms with Crippen LogP contribution in [0.2, 0.25) is 5.02 Å². The summed E-state index contributed by atoms with van der Waals surface area (Å²) in [6.07, 6.45) is 0. The molecule has 0 atom stereocenters. The van der Waals surface area contributed by atoms with Gasteiger partial charge in [0.05, 0.1) is 5.02 Å². The van der Waals surface area contributed by atoms with E-state index < -0.39 is 0 Å². The molecule has 1 aromatic carbocycles. The molecular weight excluding hydrogens is 289 g/mol. The summed E-state index contributed by atoms with van der Waals surface area (Å²) in [5, 5.41) is 0.673. The standard InChI is InChI=1S/C12H11BrClNO/c1-7(2)12-15-10(11(13)16-12)8-5-3-4-6-9(8)14/h3-7H,1-2H3. The van der Waals surface area contributed by atoms with E-state index in [0.29, 0.717) is 15.6 Å². The maximum absolute atomic E-state index is 6.12. The van der Waals surface area contributed by atoms with Crippen molar-refractivity contribution >= 4 is 27.5 Å². The van der Waals surface area contributed by atoms with Crippen LogP contribution >= 0.6 is 27.5 Å². The Balaban J connectivity index is 2.52. The lowest BCUT2D eigenvalue weighted by atomic mass is 10.2. The van der Waals surface area contributed by atoms with Crippen molar-refractivity contribution in [2.24, 2.45) is 0 Å². The van der Waals surface area contributed by atoms with Crippen LogP contribution in [0.3, 0.4) is 0 Å². The third kappa shape index (κ3) is 2.15. The molecule has 0 saturated heterocycles. The number of nitrogens with zero attached hydrogens (tertiary/aromatic N) is 1. The van der Waals surface area contributed by atoms with Gasteiger partial charge in [0.1, 0.15) is 5.69 Å². The number of oxazole rings is 1. The monoisotopic (exact) mass is 299 g/mol. The normalized spacial score (nSPS) is 11.1. The molecule has 2 aromatic rings. The van der Waals surface area contributed by atoms with Crippen molar-refractivity contribution in [1.82, 2.24) is 4.98 Å². The van der Waals surface area contributed by atoms with Gasteiger partial charge in [-0.1, -0.05) is 43.6 Å². The van der Waals surface area contributed by atoms with E-state index in [0.717, 1.165) is 11.3 Å². The molecule has 0 spiro atoms. The molecule has 0 saturated carbocycles. The van der Waals surface area contributed by atoms with Crippen molar-refractivity contribution in [3.63, 3.8) is 0 Å². The highest BCUT2D eigenvalue weighted by molar-refractivity contribution is 9.10. The van der Waals surface area contributed by atoms with Gasteiger partial charge in [0.2, 0.25) is 0 Å². The number of halogens is 2. The smallest absolute Gasteiger partial charge is 0.198 e. The van der Waals surface area contributed by atoms with Crippen LogP contribution < -0.4 is 0 Å². The molecule has 0 unspecified atom stereocenters. The molecule has 1 aromatic heterocycles. The molecule has 4 heteroatoms. The van der Waals surface area contributed by atoms with Crippen LogP contribution in [0.1, 0.15) is 25.7 Å². The molecule has 0 aliphatic rings. The summed E-state index contributed by atoms with van der Waals surface area (Å²) in [5.41, 5.74) is 1.64. The second kappa shape index (κ2) is 4.60. The fourth-order valence-corrected chi connectivity index (χ4v) is 2.08. The van der Waals surface area contributed by atoms with E-state index in [1.807, 2.05) is 38.1 Å². The number of hydrogen-bond acceptors (Lipinski definition) is 2. The average Bonchev–Trinajstić information content (AvgIpc) is 2.61. The third-order valence-electron chi connectivity index (χ3n) is 2.23. The molecule has 2 nitrogen and oxygen atoms in total. The largest absolute Gasteiger partial charge is 0.433 e. The highest BCUT2D eigenvalue weighted by atomic mass is 79.9. The highest BCUT2D eigenvalue weighted by Crippen LogP contribution is 2.34. The second-order valence-corrected chi connectivity index (χ2v) is 4.94. The molecule has 0 aliphatic carbocycles. The fourth-order valence-electron chi connectivity index (χ4n) is 1.38. The number of rotatable bonds is 2. The van der Waals surface area contributed by atoms with E-state index in [4.69, 9.17) is 16.0 Å². The first-order valence-corrected chi connectivity index (χ1v) is 6.18. The van der Waals surface area contributed by atoms with E-state index in [2.05, 4.69) is 20.9 Å². The van der Waals surface area contributed by atoms with Crippen molar-refractivity contribution in [2.75, 3.05) is 0 Å². The quantitative estimate of drug-likeness (QED) is 0.790. The number of hydrogen-bond donors (Lipinski definition) is 0. The molecule has 84 valence electrons. The molecule has 0 N–H and O–H groups in total. The molecular formula is C12H11BrClNO. The van der Waals surface area contributed by atoms with E-state index in [1.54, 1.807) is 0 Å². The van der Waals surface area contributed by atoms with Gasteiger partial charge in [-0.15, -0.1) is 0 Å². The van der Waals surface area contributed by atoms with Gasteiger partial charge in [-0.3, -0.25) is 0 Å². The summed E-state index contributed by atoms with van der Waals surface area (Å²) >= 11 is 9.49.